The van der Waals surface area contributed by atoms with E-state index in [1.54, 1.807) is 6.92 Å². The molecule has 5 heteroatoms. The highest BCUT2D eigenvalue weighted by Crippen LogP contribution is 2.31. The first kappa shape index (κ1) is 10.4. The third kappa shape index (κ3) is 6.48. The fourth-order valence-corrected chi connectivity index (χ4v) is 0.834. The zero-order valence-corrected chi connectivity index (χ0v) is 8.54. The summed E-state index contributed by atoms with van der Waals surface area (Å²) in [5, 5.41) is 0. The van der Waals surface area contributed by atoms with Crippen LogP contribution < -0.4 is 0 Å². The van der Waals surface area contributed by atoms with Crippen LogP contribution in [0.4, 0.5) is 4.39 Å². The number of carbonyl (C=O) groups excluding carboxylic acids is 1. The number of hydrogen-bond acceptors (Lipinski definition) is 2. The largest absolute Gasteiger partial charge is 0.466 e. The first-order valence-corrected chi connectivity index (χ1v) is 4.26. The van der Waals surface area contributed by atoms with Crippen molar-refractivity contribution in [3.05, 3.63) is 0 Å². The van der Waals surface area contributed by atoms with Gasteiger partial charge in [-0.2, -0.15) is 0 Å². The molecule has 0 saturated heterocycles. The predicted molar refractivity (Wildman–Crippen MR) is 42.9 cm³/mol. The molecule has 10 heavy (non-hydrogen) atoms. The predicted octanol–water partition coefficient (Wildman–Crippen LogP) is 2.35. The van der Waals surface area contributed by atoms with Gasteiger partial charge >= 0.3 is 5.97 Å². The molecule has 0 fully saturated rings. The molecule has 0 aromatic rings. The molecule has 0 aliphatic heterocycles. The lowest BCUT2D eigenvalue weighted by Crippen LogP contribution is -2.13. The molecule has 0 aliphatic carbocycles. The van der Waals surface area contributed by atoms with E-state index in [0.29, 0.717) is 0 Å². The molecule has 0 amide bonds. The Hall–Kier alpha value is 0.360. The van der Waals surface area contributed by atoms with Crippen LogP contribution in [0.5, 0.6) is 0 Å². The summed E-state index contributed by atoms with van der Waals surface area (Å²) >= 11 is 5.20. The number of alkyl halides is 3. The third-order valence-corrected chi connectivity index (χ3v) is 1.21. The van der Waals surface area contributed by atoms with Crippen molar-refractivity contribution in [2.24, 2.45) is 0 Å². The first-order valence-electron chi connectivity index (χ1n) is 2.68. The van der Waals surface area contributed by atoms with Crippen molar-refractivity contribution < 1.29 is 13.9 Å². The molecule has 0 heterocycles. The van der Waals surface area contributed by atoms with E-state index < -0.39 is 9.46 Å². The average Bonchev–Trinajstić information content (AvgIpc) is 1.59. The van der Waals surface area contributed by atoms with Crippen LogP contribution in [0.1, 0.15) is 13.3 Å². The molecule has 0 spiro atoms. The zero-order valence-electron chi connectivity index (χ0n) is 5.36. The van der Waals surface area contributed by atoms with Crippen LogP contribution in [-0.4, -0.2) is 16.1 Å². The molecule has 0 unspecified atom stereocenters. The summed E-state index contributed by atoms with van der Waals surface area (Å²) in [6.07, 6.45) is -0.332. The SMILES string of the molecule is CCOC(=O)CC(F)(Br)Br. The Kier molecular flexibility index (Phi) is 4.44. The number of esters is 1. The van der Waals surface area contributed by atoms with E-state index in [9.17, 15) is 9.18 Å². The molecule has 0 N–H and O–H groups in total. The van der Waals surface area contributed by atoms with E-state index in [2.05, 4.69) is 36.6 Å². The van der Waals surface area contributed by atoms with Crippen molar-refractivity contribution in [3.8, 4) is 0 Å². The smallest absolute Gasteiger partial charge is 0.310 e. The number of hydrogen-bond donors (Lipinski definition) is 0. The van der Waals surface area contributed by atoms with Crippen molar-refractivity contribution in [1.82, 2.24) is 0 Å². The quantitative estimate of drug-likeness (QED) is 0.585. The van der Waals surface area contributed by atoms with Crippen molar-refractivity contribution in [2.45, 2.75) is 16.8 Å². The minimum absolute atomic E-state index is 0.273. The fourth-order valence-electron chi connectivity index (χ4n) is 0.376. The van der Waals surface area contributed by atoms with Gasteiger partial charge in [-0.05, 0) is 38.8 Å². The molecule has 0 atom stereocenters. The zero-order chi connectivity index (χ0) is 8.20. The monoisotopic (exact) mass is 276 g/mol. The lowest BCUT2D eigenvalue weighted by Gasteiger charge is -2.07. The van der Waals surface area contributed by atoms with Gasteiger partial charge in [0.25, 0.3) is 0 Å². The van der Waals surface area contributed by atoms with Gasteiger partial charge in [0, 0.05) is 0 Å². The first-order chi connectivity index (χ1) is 4.45. The van der Waals surface area contributed by atoms with Crippen LogP contribution >= 0.6 is 31.9 Å². The van der Waals surface area contributed by atoms with E-state index in [0.717, 1.165) is 0 Å². The molecule has 0 aliphatic rings. The molecular formula is C5H7Br2FO2. The van der Waals surface area contributed by atoms with Gasteiger partial charge in [0.15, 0.2) is 0 Å². The van der Waals surface area contributed by atoms with Gasteiger partial charge in [-0.1, -0.05) is 0 Å². The Balaban J connectivity index is 3.58. The third-order valence-electron chi connectivity index (χ3n) is 0.650. The van der Waals surface area contributed by atoms with Crippen LogP contribution in [0.25, 0.3) is 0 Å². The van der Waals surface area contributed by atoms with Crippen molar-refractivity contribution in [2.75, 3.05) is 6.61 Å². The molecule has 0 bridgehead atoms. The molecule has 0 aromatic carbocycles. The Bertz CT molecular complexity index is 121. The van der Waals surface area contributed by atoms with Gasteiger partial charge in [-0.25, -0.2) is 4.39 Å². The highest BCUT2D eigenvalue weighted by molar-refractivity contribution is 9.25. The van der Waals surface area contributed by atoms with E-state index >= 15 is 0 Å². The molecule has 0 radical (unpaired) electrons. The summed E-state index contributed by atoms with van der Waals surface area (Å²) in [5.41, 5.74) is 0. The number of ether oxygens (including phenoxy) is 1. The minimum atomic E-state index is -1.83. The summed E-state index contributed by atoms with van der Waals surface area (Å²) in [6, 6.07) is 0. The van der Waals surface area contributed by atoms with E-state index in [1.807, 2.05) is 0 Å². The van der Waals surface area contributed by atoms with Crippen LogP contribution in [0.15, 0.2) is 0 Å². The fraction of sp³-hybridized carbons (Fsp3) is 0.800. The van der Waals surface area contributed by atoms with Gasteiger partial charge in [0.2, 0.25) is 3.49 Å². The molecule has 0 saturated carbocycles. The van der Waals surface area contributed by atoms with Gasteiger partial charge < -0.3 is 4.74 Å². The second kappa shape index (κ2) is 4.28. The van der Waals surface area contributed by atoms with Gasteiger partial charge in [-0.15, -0.1) is 0 Å². The lowest BCUT2D eigenvalue weighted by atomic mass is 10.5. The molecular weight excluding hydrogens is 271 g/mol. The van der Waals surface area contributed by atoms with Gasteiger partial charge in [0.1, 0.15) is 6.42 Å². The summed E-state index contributed by atoms with van der Waals surface area (Å²) < 4.78 is 15.1. The van der Waals surface area contributed by atoms with Crippen LogP contribution in [-0.2, 0) is 9.53 Å². The van der Waals surface area contributed by atoms with Crippen LogP contribution in [0.3, 0.4) is 0 Å². The number of carbonyl (C=O) groups is 1. The second-order valence-electron chi connectivity index (χ2n) is 1.60. The number of rotatable bonds is 3. The van der Waals surface area contributed by atoms with Crippen molar-refractivity contribution >= 4 is 37.8 Å². The van der Waals surface area contributed by atoms with E-state index in [1.165, 1.54) is 0 Å². The topological polar surface area (TPSA) is 26.3 Å². The molecule has 60 valence electrons. The Labute approximate surface area is 75.4 Å². The highest BCUT2D eigenvalue weighted by Gasteiger charge is 2.25. The Morgan fingerprint density at radius 3 is 2.50 bits per heavy atom. The molecule has 0 aromatic heterocycles. The normalized spacial score (nSPS) is 11.2. The standard InChI is InChI=1S/C5H7Br2FO2/c1-2-10-4(9)3-5(6,7)8/h2-3H2,1H3. The van der Waals surface area contributed by atoms with Crippen molar-refractivity contribution in [3.63, 3.8) is 0 Å². The minimum Gasteiger partial charge on any atom is -0.466 e. The summed E-state index contributed by atoms with van der Waals surface area (Å²) in [4.78, 5) is 10.5. The van der Waals surface area contributed by atoms with Crippen LogP contribution in [0.2, 0.25) is 0 Å². The number of halogens is 3. The highest BCUT2D eigenvalue weighted by atomic mass is 79.9. The maximum atomic E-state index is 12.5. The molecule has 2 nitrogen and oxygen atoms in total. The van der Waals surface area contributed by atoms with Crippen LogP contribution in [0, 0.1) is 0 Å². The van der Waals surface area contributed by atoms with Gasteiger partial charge in [0.05, 0.1) is 6.61 Å². The average molecular weight is 278 g/mol. The van der Waals surface area contributed by atoms with Crippen molar-refractivity contribution in [1.29, 1.82) is 0 Å². The Morgan fingerprint density at radius 1 is 1.70 bits per heavy atom. The maximum absolute atomic E-state index is 12.5. The maximum Gasteiger partial charge on any atom is 0.310 e. The summed E-state index contributed by atoms with van der Waals surface area (Å²) in [6.45, 7) is 1.94. The summed E-state index contributed by atoms with van der Waals surface area (Å²) in [5.74, 6) is -0.571. The van der Waals surface area contributed by atoms with Gasteiger partial charge in [-0.3, -0.25) is 4.79 Å². The van der Waals surface area contributed by atoms with E-state index in [-0.39, 0.29) is 13.0 Å². The Morgan fingerprint density at radius 2 is 2.20 bits per heavy atom. The summed E-state index contributed by atoms with van der Waals surface area (Å²) in [7, 11) is 0. The second-order valence-corrected chi connectivity index (χ2v) is 5.18. The molecule has 0 rings (SSSR count). The lowest BCUT2D eigenvalue weighted by molar-refractivity contribution is -0.143. The van der Waals surface area contributed by atoms with E-state index in [4.69, 9.17) is 0 Å².